The highest BCUT2D eigenvalue weighted by atomic mass is 32.2. The summed E-state index contributed by atoms with van der Waals surface area (Å²) in [7, 11) is 0. The number of amides is 1. The molecule has 0 aliphatic rings. The van der Waals surface area contributed by atoms with Crippen LogP contribution in [0.15, 0.2) is 34.3 Å². The molecule has 1 aromatic rings. The quantitative estimate of drug-likeness (QED) is 0.275. The number of oxime groups is 1. The van der Waals surface area contributed by atoms with Crippen LogP contribution in [-0.2, 0) is 0 Å². The van der Waals surface area contributed by atoms with Gasteiger partial charge in [0.05, 0.1) is 0 Å². The smallest absolute Gasteiger partial charge is 0.253 e. The zero-order chi connectivity index (χ0) is 14.3. The Balaban J connectivity index is 2.71. The summed E-state index contributed by atoms with van der Waals surface area (Å²) < 4.78 is 0. The van der Waals surface area contributed by atoms with Crippen LogP contribution >= 0.6 is 11.8 Å². The van der Waals surface area contributed by atoms with Crippen LogP contribution in [0, 0.1) is 0 Å². The summed E-state index contributed by atoms with van der Waals surface area (Å²) >= 11 is 1.64. The van der Waals surface area contributed by atoms with Crippen molar-refractivity contribution >= 4 is 23.5 Å². The van der Waals surface area contributed by atoms with E-state index >= 15 is 0 Å². The third kappa shape index (κ3) is 4.48. The van der Waals surface area contributed by atoms with Crippen molar-refractivity contribution < 1.29 is 10.0 Å². The number of nitrogens with zero attached hydrogens (tertiary/aromatic N) is 2. The Kier molecular flexibility index (Phi) is 6.21. The molecular formula is C13H19N3O2S. The standard InChI is InChI=1S/C13H19N3O2S/c1-3-16(9-8-12(14)15-18)13(17)10-4-6-11(19-2)7-5-10/h4-7,18H,3,8-9H2,1-2H3,(H2,14,15). The molecule has 0 unspecified atom stereocenters. The van der Waals surface area contributed by atoms with Gasteiger partial charge in [-0.2, -0.15) is 0 Å². The van der Waals surface area contributed by atoms with E-state index in [2.05, 4.69) is 5.16 Å². The first-order valence-corrected chi connectivity index (χ1v) is 7.24. The highest BCUT2D eigenvalue weighted by molar-refractivity contribution is 7.98. The number of hydrogen-bond acceptors (Lipinski definition) is 4. The average Bonchev–Trinajstić information content (AvgIpc) is 2.47. The minimum Gasteiger partial charge on any atom is -0.409 e. The molecule has 0 aliphatic heterocycles. The second-order valence-electron chi connectivity index (χ2n) is 3.95. The number of benzene rings is 1. The van der Waals surface area contributed by atoms with Gasteiger partial charge in [-0.25, -0.2) is 0 Å². The Labute approximate surface area is 117 Å². The van der Waals surface area contributed by atoms with Gasteiger partial charge in [0.1, 0.15) is 5.84 Å². The molecule has 6 heteroatoms. The van der Waals surface area contributed by atoms with Crippen LogP contribution in [-0.4, -0.2) is 41.2 Å². The molecule has 0 fully saturated rings. The summed E-state index contributed by atoms with van der Waals surface area (Å²) in [4.78, 5) is 15.0. The molecule has 19 heavy (non-hydrogen) atoms. The van der Waals surface area contributed by atoms with Crippen molar-refractivity contribution in [3.63, 3.8) is 0 Å². The number of rotatable bonds is 6. The number of amidine groups is 1. The van der Waals surface area contributed by atoms with Crippen LogP contribution in [0.1, 0.15) is 23.7 Å². The Bertz CT molecular complexity index is 446. The van der Waals surface area contributed by atoms with Crippen LogP contribution in [0.3, 0.4) is 0 Å². The van der Waals surface area contributed by atoms with Gasteiger partial charge in [-0.3, -0.25) is 4.79 Å². The summed E-state index contributed by atoms with van der Waals surface area (Å²) in [5.41, 5.74) is 6.06. The minimum absolute atomic E-state index is 0.0408. The van der Waals surface area contributed by atoms with Crippen molar-refractivity contribution in [2.45, 2.75) is 18.2 Å². The van der Waals surface area contributed by atoms with Crippen molar-refractivity contribution in [2.24, 2.45) is 10.9 Å². The first-order chi connectivity index (χ1) is 9.12. The zero-order valence-corrected chi connectivity index (χ0v) is 12.0. The van der Waals surface area contributed by atoms with Gasteiger partial charge in [-0.1, -0.05) is 5.16 Å². The van der Waals surface area contributed by atoms with Crippen LogP contribution in [0.5, 0.6) is 0 Å². The Morgan fingerprint density at radius 1 is 1.42 bits per heavy atom. The van der Waals surface area contributed by atoms with E-state index in [1.165, 1.54) is 0 Å². The van der Waals surface area contributed by atoms with Gasteiger partial charge in [-0.05, 0) is 37.4 Å². The average molecular weight is 281 g/mol. The normalized spacial score (nSPS) is 11.4. The van der Waals surface area contributed by atoms with E-state index in [0.29, 0.717) is 25.1 Å². The van der Waals surface area contributed by atoms with Gasteiger partial charge < -0.3 is 15.8 Å². The maximum atomic E-state index is 12.3. The predicted molar refractivity (Wildman–Crippen MR) is 77.8 cm³/mol. The fourth-order valence-electron chi connectivity index (χ4n) is 1.62. The van der Waals surface area contributed by atoms with E-state index in [9.17, 15) is 4.79 Å². The molecule has 0 aliphatic carbocycles. The summed E-state index contributed by atoms with van der Waals surface area (Å²) in [6.07, 6.45) is 2.35. The fourth-order valence-corrected chi connectivity index (χ4v) is 2.03. The molecule has 0 saturated carbocycles. The first kappa shape index (κ1) is 15.4. The van der Waals surface area contributed by atoms with Crippen LogP contribution < -0.4 is 5.73 Å². The lowest BCUT2D eigenvalue weighted by Crippen LogP contribution is -2.33. The Hall–Kier alpha value is -1.69. The number of carbonyl (C=O) groups excluding carboxylic acids is 1. The molecule has 0 bridgehead atoms. The van der Waals surface area contributed by atoms with Gasteiger partial charge in [0.2, 0.25) is 0 Å². The number of thioether (sulfide) groups is 1. The molecule has 1 rings (SSSR count). The molecule has 3 N–H and O–H groups in total. The monoisotopic (exact) mass is 281 g/mol. The highest BCUT2D eigenvalue weighted by Crippen LogP contribution is 2.16. The molecular weight excluding hydrogens is 262 g/mol. The molecule has 0 spiro atoms. The Morgan fingerprint density at radius 2 is 2.05 bits per heavy atom. The van der Waals surface area contributed by atoms with Crippen molar-refractivity contribution in [2.75, 3.05) is 19.3 Å². The van der Waals surface area contributed by atoms with E-state index in [1.54, 1.807) is 16.7 Å². The van der Waals surface area contributed by atoms with Crippen LogP contribution in [0.2, 0.25) is 0 Å². The molecule has 0 atom stereocenters. The largest absolute Gasteiger partial charge is 0.409 e. The van der Waals surface area contributed by atoms with Gasteiger partial charge in [0, 0.05) is 30.0 Å². The van der Waals surface area contributed by atoms with E-state index in [4.69, 9.17) is 10.9 Å². The molecule has 0 radical (unpaired) electrons. The predicted octanol–water partition coefficient (Wildman–Crippen LogP) is 2.01. The van der Waals surface area contributed by atoms with Crippen molar-refractivity contribution in [3.05, 3.63) is 29.8 Å². The highest BCUT2D eigenvalue weighted by Gasteiger charge is 2.14. The second kappa shape index (κ2) is 7.68. The zero-order valence-electron chi connectivity index (χ0n) is 11.2. The summed E-state index contributed by atoms with van der Waals surface area (Å²) in [5, 5.41) is 11.4. The molecule has 104 valence electrons. The van der Waals surface area contributed by atoms with Crippen LogP contribution in [0.25, 0.3) is 0 Å². The summed E-state index contributed by atoms with van der Waals surface area (Å²) in [6.45, 7) is 2.93. The van der Waals surface area contributed by atoms with E-state index in [-0.39, 0.29) is 11.7 Å². The fraction of sp³-hybridized carbons (Fsp3) is 0.385. The Morgan fingerprint density at radius 3 is 2.53 bits per heavy atom. The maximum Gasteiger partial charge on any atom is 0.253 e. The number of hydrogen-bond donors (Lipinski definition) is 2. The third-order valence-corrected chi connectivity index (χ3v) is 3.52. The summed E-state index contributed by atoms with van der Waals surface area (Å²) in [6, 6.07) is 7.49. The SMILES string of the molecule is CCN(CCC(N)=NO)C(=O)c1ccc(SC)cc1. The van der Waals surface area contributed by atoms with Crippen molar-refractivity contribution in [1.82, 2.24) is 4.90 Å². The van der Waals surface area contributed by atoms with E-state index in [1.807, 2.05) is 37.4 Å². The van der Waals surface area contributed by atoms with E-state index < -0.39 is 0 Å². The van der Waals surface area contributed by atoms with Gasteiger partial charge in [0.15, 0.2) is 0 Å². The number of nitrogens with two attached hydrogens (primary N) is 1. The van der Waals surface area contributed by atoms with Crippen molar-refractivity contribution in [1.29, 1.82) is 0 Å². The lowest BCUT2D eigenvalue weighted by molar-refractivity contribution is 0.0768. The molecule has 5 nitrogen and oxygen atoms in total. The molecule has 1 amide bonds. The van der Waals surface area contributed by atoms with Gasteiger partial charge in [0.25, 0.3) is 5.91 Å². The van der Waals surface area contributed by atoms with E-state index in [0.717, 1.165) is 4.90 Å². The third-order valence-electron chi connectivity index (χ3n) is 2.77. The van der Waals surface area contributed by atoms with Gasteiger partial charge in [-0.15, -0.1) is 11.8 Å². The molecule has 0 aromatic heterocycles. The number of carbonyl (C=O) groups is 1. The topological polar surface area (TPSA) is 78.9 Å². The van der Waals surface area contributed by atoms with Crippen molar-refractivity contribution in [3.8, 4) is 0 Å². The van der Waals surface area contributed by atoms with Gasteiger partial charge >= 0.3 is 0 Å². The second-order valence-corrected chi connectivity index (χ2v) is 4.83. The summed E-state index contributed by atoms with van der Waals surface area (Å²) in [5.74, 6) is 0.0878. The lowest BCUT2D eigenvalue weighted by atomic mass is 10.2. The molecule has 0 heterocycles. The lowest BCUT2D eigenvalue weighted by Gasteiger charge is -2.20. The molecule has 1 aromatic carbocycles. The van der Waals surface area contributed by atoms with Crippen LogP contribution in [0.4, 0.5) is 0 Å². The maximum absolute atomic E-state index is 12.3. The minimum atomic E-state index is -0.0408. The first-order valence-electron chi connectivity index (χ1n) is 6.02. The molecule has 0 saturated heterocycles.